The van der Waals surface area contributed by atoms with Crippen LogP contribution >= 0.6 is 15.9 Å². The molecular formula is C12H6BrF3N2O. The van der Waals surface area contributed by atoms with Crippen molar-refractivity contribution in [1.29, 1.82) is 0 Å². The normalized spacial score (nSPS) is 10.3. The van der Waals surface area contributed by atoms with Gasteiger partial charge in [0.25, 0.3) is 5.91 Å². The molecule has 2 rings (SSSR count). The maximum absolute atomic E-state index is 13.4. The van der Waals surface area contributed by atoms with Gasteiger partial charge in [-0.15, -0.1) is 0 Å². The smallest absolute Gasteiger partial charge is 0.258 e. The zero-order valence-corrected chi connectivity index (χ0v) is 10.8. The number of anilines is 1. The topological polar surface area (TPSA) is 42.0 Å². The lowest BCUT2D eigenvalue weighted by atomic mass is 10.2. The minimum Gasteiger partial charge on any atom is -0.318 e. The zero-order chi connectivity index (χ0) is 14.0. The first kappa shape index (κ1) is 13.5. The largest absolute Gasteiger partial charge is 0.318 e. The minimum absolute atomic E-state index is 0.266. The standard InChI is InChI=1S/C12H6BrF3N2O/c13-6-1-2-8(14)7(5-6)12(19)17-9-3-4-10(15)18-11(9)16/h1-5H,(H,17,19). The molecule has 1 amide bonds. The van der Waals surface area contributed by atoms with Crippen molar-refractivity contribution in [2.24, 2.45) is 0 Å². The van der Waals surface area contributed by atoms with Crippen LogP contribution in [0, 0.1) is 17.7 Å². The predicted molar refractivity (Wildman–Crippen MR) is 66.2 cm³/mol. The number of nitrogens with one attached hydrogen (secondary N) is 1. The molecule has 7 heteroatoms. The highest BCUT2D eigenvalue weighted by atomic mass is 79.9. The Bertz CT molecular complexity index is 649. The van der Waals surface area contributed by atoms with E-state index in [-0.39, 0.29) is 11.3 Å². The highest BCUT2D eigenvalue weighted by Crippen LogP contribution is 2.18. The lowest BCUT2D eigenvalue weighted by molar-refractivity contribution is 0.102. The van der Waals surface area contributed by atoms with Crippen molar-refractivity contribution in [3.05, 3.63) is 58.1 Å². The van der Waals surface area contributed by atoms with Crippen molar-refractivity contribution in [2.45, 2.75) is 0 Å². The van der Waals surface area contributed by atoms with Crippen molar-refractivity contribution >= 4 is 27.5 Å². The highest BCUT2D eigenvalue weighted by molar-refractivity contribution is 9.10. The summed E-state index contributed by atoms with van der Waals surface area (Å²) in [6.45, 7) is 0. The summed E-state index contributed by atoms with van der Waals surface area (Å²) >= 11 is 3.09. The van der Waals surface area contributed by atoms with Crippen LogP contribution in [0.3, 0.4) is 0 Å². The Labute approximate surface area is 114 Å². The third-order valence-electron chi connectivity index (χ3n) is 2.24. The van der Waals surface area contributed by atoms with Gasteiger partial charge in [-0.2, -0.15) is 13.8 Å². The lowest BCUT2D eigenvalue weighted by Gasteiger charge is -2.07. The molecule has 19 heavy (non-hydrogen) atoms. The van der Waals surface area contributed by atoms with E-state index in [1.165, 1.54) is 12.1 Å². The van der Waals surface area contributed by atoms with Gasteiger partial charge < -0.3 is 5.32 Å². The molecule has 0 saturated heterocycles. The molecule has 0 aliphatic carbocycles. The molecule has 0 atom stereocenters. The van der Waals surface area contributed by atoms with Gasteiger partial charge in [0.1, 0.15) is 5.82 Å². The van der Waals surface area contributed by atoms with Crippen molar-refractivity contribution < 1.29 is 18.0 Å². The average Bonchev–Trinajstić information content (AvgIpc) is 2.35. The van der Waals surface area contributed by atoms with Gasteiger partial charge >= 0.3 is 0 Å². The summed E-state index contributed by atoms with van der Waals surface area (Å²) in [4.78, 5) is 14.7. The van der Waals surface area contributed by atoms with Gasteiger partial charge in [0, 0.05) is 4.47 Å². The molecule has 98 valence electrons. The number of hydrogen-bond donors (Lipinski definition) is 1. The number of aromatic nitrogens is 1. The second kappa shape index (κ2) is 5.40. The first-order valence-electron chi connectivity index (χ1n) is 5.06. The first-order chi connectivity index (χ1) is 8.97. The number of rotatable bonds is 2. The fourth-order valence-corrected chi connectivity index (χ4v) is 1.73. The number of hydrogen-bond acceptors (Lipinski definition) is 2. The zero-order valence-electron chi connectivity index (χ0n) is 9.25. The van der Waals surface area contributed by atoms with Crippen molar-refractivity contribution in [3.8, 4) is 0 Å². The Hall–Kier alpha value is -1.89. The summed E-state index contributed by atoms with van der Waals surface area (Å²) in [6.07, 6.45) is 0. The Morgan fingerprint density at radius 2 is 1.89 bits per heavy atom. The van der Waals surface area contributed by atoms with Gasteiger partial charge in [-0.25, -0.2) is 4.39 Å². The fraction of sp³-hybridized carbons (Fsp3) is 0. The van der Waals surface area contributed by atoms with E-state index in [1.807, 2.05) is 0 Å². The van der Waals surface area contributed by atoms with Crippen LogP contribution in [0.1, 0.15) is 10.4 Å². The molecule has 1 N–H and O–H groups in total. The van der Waals surface area contributed by atoms with Crippen molar-refractivity contribution in [3.63, 3.8) is 0 Å². The molecule has 1 aromatic heterocycles. The molecule has 0 saturated carbocycles. The van der Waals surface area contributed by atoms with Gasteiger partial charge in [0.2, 0.25) is 11.9 Å². The van der Waals surface area contributed by atoms with E-state index in [9.17, 15) is 18.0 Å². The number of pyridine rings is 1. The minimum atomic E-state index is -1.18. The summed E-state index contributed by atoms with van der Waals surface area (Å²) in [5, 5.41) is 2.12. The second-order valence-electron chi connectivity index (χ2n) is 3.55. The molecule has 0 aliphatic heterocycles. The molecule has 0 unspecified atom stereocenters. The Balaban J connectivity index is 2.28. The monoisotopic (exact) mass is 330 g/mol. The van der Waals surface area contributed by atoms with Gasteiger partial charge in [-0.1, -0.05) is 15.9 Å². The molecule has 0 fully saturated rings. The summed E-state index contributed by atoms with van der Waals surface area (Å²) in [5.41, 5.74) is -0.594. The number of halogens is 4. The van der Waals surface area contributed by atoms with E-state index >= 15 is 0 Å². The van der Waals surface area contributed by atoms with Crippen LogP contribution < -0.4 is 5.32 Å². The quantitative estimate of drug-likeness (QED) is 0.856. The Morgan fingerprint density at radius 1 is 1.16 bits per heavy atom. The number of benzene rings is 1. The van der Waals surface area contributed by atoms with E-state index in [4.69, 9.17) is 0 Å². The molecule has 0 aliphatic rings. The summed E-state index contributed by atoms with van der Waals surface area (Å²) in [6, 6.07) is 5.66. The third-order valence-corrected chi connectivity index (χ3v) is 2.73. The van der Waals surface area contributed by atoms with Crippen LogP contribution in [0.15, 0.2) is 34.8 Å². The maximum Gasteiger partial charge on any atom is 0.258 e. The molecule has 3 nitrogen and oxygen atoms in total. The van der Waals surface area contributed by atoms with Crippen molar-refractivity contribution in [2.75, 3.05) is 5.32 Å². The summed E-state index contributed by atoms with van der Waals surface area (Å²) in [7, 11) is 0. The molecule has 0 bridgehead atoms. The molecule has 2 aromatic rings. The Morgan fingerprint density at radius 3 is 2.58 bits per heavy atom. The van der Waals surface area contributed by atoms with Crippen LogP contribution in [0.25, 0.3) is 0 Å². The lowest BCUT2D eigenvalue weighted by Crippen LogP contribution is -2.15. The van der Waals surface area contributed by atoms with E-state index in [2.05, 4.69) is 26.2 Å². The molecule has 0 spiro atoms. The average molecular weight is 331 g/mol. The summed E-state index contributed by atoms with van der Waals surface area (Å²) < 4.78 is 39.8. The third kappa shape index (κ3) is 3.11. The maximum atomic E-state index is 13.4. The van der Waals surface area contributed by atoms with Gasteiger partial charge in [0.15, 0.2) is 0 Å². The molecule has 1 aromatic carbocycles. The number of carbonyl (C=O) groups is 1. The number of carbonyl (C=O) groups excluding carboxylic acids is 1. The molecular weight excluding hydrogens is 325 g/mol. The van der Waals surface area contributed by atoms with E-state index in [0.717, 1.165) is 18.2 Å². The fourth-order valence-electron chi connectivity index (χ4n) is 1.37. The van der Waals surface area contributed by atoms with E-state index in [0.29, 0.717) is 4.47 Å². The predicted octanol–water partition coefficient (Wildman–Crippen LogP) is 3.51. The Kier molecular flexibility index (Phi) is 3.84. The second-order valence-corrected chi connectivity index (χ2v) is 4.47. The molecule has 0 radical (unpaired) electrons. The van der Waals surface area contributed by atoms with Crippen LogP contribution in [0.5, 0.6) is 0 Å². The van der Waals surface area contributed by atoms with Crippen LogP contribution in [0.2, 0.25) is 0 Å². The SMILES string of the molecule is O=C(Nc1ccc(F)nc1F)c1cc(Br)ccc1F. The van der Waals surface area contributed by atoms with Gasteiger partial charge in [-0.3, -0.25) is 4.79 Å². The van der Waals surface area contributed by atoms with E-state index in [1.54, 1.807) is 0 Å². The van der Waals surface area contributed by atoms with Crippen LogP contribution in [-0.4, -0.2) is 10.9 Å². The molecule has 1 heterocycles. The van der Waals surface area contributed by atoms with Crippen LogP contribution in [-0.2, 0) is 0 Å². The van der Waals surface area contributed by atoms with Crippen molar-refractivity contribution in [1.82, 2.24) is 4.98 Å². The van der Waals surface area contributed by atoms with Gasteiger partial charge in [-0.05, 0) is 30.3 Å². The highest BCUT2D eigenvalue weighted by Gasteiger charge is 2.15. The first-order valence-corrected chi connectivity index (χ1v) is 5.85. The van der Waals surface area contributed by atoms with E-state index < -0.39 is 23.6 Å². The number of nitrogens with zero attached hydrogens (tertiary/aromatic N) is 1. The summed E-state index contributed by atoms with van der Waals surface area (Å²) in [5.74, 6) is -3.80. The van der Waals surface area contributed by atoms with Gasteiger partial charge in [0.05, 0.1) is 11.3 Å². The van der Waals surface area contributed by atoms with Crippen LogP contribution in [0.4, 0.5) is 18.9 Å². The number of amides is 1.